The van der Waals surface area contributed by atoms with E-state index in [9.17, 15) is 26.4 Å². The van der Waals surface area contributed by atoms with Gasteiger partial charge in [-0.1, -0.05) is 45.0 Å². The molecule has 0 saturated carbocycles. The molecule has 0 amide bonds. The molecular formula is C30H32F3NO5S. The van der Waals surface area contributed by atoms with Gasteiger partial charge in [-0.2, -0.15) is 17.5 Å². The van der Waals surface area contributed by atoms with Gasteiger partial charge in [0.05, 0.1) is 10.5 Å². The lowest BCUT2D eigenvalue weighted by Gasteiger charge is -2.43. The molecule has 1 aliphatic heterocycles. The average Bonchev–Trinajstić information content (AvgIpc) is 2.89. The van der Waals surface area contributed by atoms with Gasteiger partial charge in [0, 0.05) is 30.5 Å². The highest BCUT2D eigenvalue weighted by Crippen LogP contribution is 2.44. The van der Waals surface area contributed by atoms with Crippen LogP contribution in [0.2, 0.25) is 0 Å². The normalized spacial score (nSPS) is 17.3. The Hall–Kier alpha value is -3.37. The first kappa shape index (κ1) is 29.6. The molecule has 0 aromatic heterocycles. The van der Waals surface area contributed by atoms with Gasteiger partial charge in [0.25, 0.3) is 0 Å². The quantitative estimate of drug-likeness (QED) is 0.231. The molecule has 1 aliphatic rings. The zero-order chi connectivity index (χ0) is 29.6. The second kappa shape index (κ2) is 10.6. The summed E-state index contributed by atoms with van der Waals surface area (Å²) in [6.07, 6.45) is -4.03. The molecule has 1 heterocycles. The van der Waals surface area contributed by atoms with Crippen molar-refractivity contribution in [3.05, 3.63) is 82.4 Å². The summed E-state index contributed by atoms with van der Waals surface area (Å²) in [5.74, 6) is -0.377. The van der Waals surface area contributed by atoms with Crippen LogP contribution in [0.3, 0.4) is 0 Å². The second-order valence-electron chi connectivity index (χ2n) is 10.7. The highest BCUT2D eigenvalue weighted by Gasteiger charge is 2.42. The minimum absolute atomic E-state index is 0.146. The molecule has 0 radical (unpaired) electrons. The van der Waals surface area contributed by atoms with Crippen LogP contribution in [-0.4, -0.2) is 25.2 Å². The predicted molar refractivity (Wildman–Crippen MR) is 145 cm³/mol. The molecule has 4 rings (SSSR count). The van der Waals surface area contributed by atoms with E-state index in [0.717, 1.165) is 23.3 Å². The zero-order valence-corrected chi connectivity index (χ0v) is 24.0. The van der Waals surface area contributed by atoms with E-state index in [4.69, 9.17) is 4.89 Å². The van der Waals surface area contributed by atoms with Crippen LogP contribution in [-0.2, 0) is 37.7 Å². The summed E-state index contributed by atoms with van der Waals surface area (Å²) in [5, 5.41) is 0. The van der Waals surface area contributed by atoms with Gasteiger partial charge in [0.1, 0.15) is 0 Å². The lowest BCUT2D eigenvalue weighted by molar-refractivity contribution is -0.211. The average molecular weight is 576 g/mol. The molecule has 40 heavy (non-hydrogen) atoms. The third-order valence-electron chi connectivity index (χ3n) is 7.45. The van der Waals surface area contributed by atoms with E-state index in [1.165, 1.54) is 35.5 Å². The topological polar surface area (TPSA) is 72.9 Å². The number of alkyl halides is 3. The highest BCUT2D eigenvalue weighted by atomic mass is 32.2. The molecule has 0 bridgehead atoms. The molecule has 1 atom stereocenters. The number of benzene rings is 3. The van der Waals surface area contributed by atoms with Gasteiger partial charge in [-0.25, -0.2) is 13.2 Å². The Balaban J connectivity index is 1.76. The molecule has 10 heteroatoms. The monoisotopic (exact) mass is 575 g/mol. The van der Waals surface area contributed by atoms with Crippen molar-refractivity contribution < 1.29 is 36.2 Å². The van der Waals surface area contributed by atoms with E-state index in [2.05, 4.69) is 4.89 Å². The van der Waals surface area contributed by atoms with Crippen LogP contribution in [0.15, 0.2) is 59.5 Å². The van der Waals surface area contributed by atoms with Gasteiger partial charge in [-0.3, -0.25) is 9.78 Å². The molecular weight excluding hydrogens is 543 g/mol. The Morgan fingerprint density at radius 3 is 2.25 bits per heavy atom. The van der Waals surface area contributed by atoms with Crippen LogP contribution in [0.5, 0.6) is 5.75 Å². The Bertz CT molecular complexity index is 1550. The van der Waals surface area contributed by atoms with Crippen molar-refractivity contribution in [2.75, 3.05) is 6.54 Å². The standard InChI is InChI=1S/C30H32F3NO5S/c1-7-24-18(2)27(39-38-20(4)35)14-15-28(24)40(36,37)34-17-29(5,6)26-13-10-22(16-25(26)19(34)3)21-8-11-23(12-9-21)30(31,32)33/h8-16,19H,7,17H2,1-6H3. The van der Waals surface area contributed by atoms with Gasteiger partial charge < -0.3 is 0 Å². The first-order valence-electron chi connectivity index (χ1n) is 12.9. The number of nitrogens with zero attached hydrogens (tertiary/aromatic N) is 1. The van der Waals surface area contributed by atoms with Gasteiger partial charge in [-0.15, -0.1) is 0 Å². The van der Waals surface area contributed by atoms with E-state index in [1.54, 1.807) is 6.92 Å². The number of sulfonamides is 1. The summed E-state index contributed by atoms with van der Waals surface area (Å²) >= 11 is 0. The van der Waals surface area contributed by atoms with Gasteiger partial charge >= 0.3 is 12.1 Å². The fourth-order valence-corrected chi connectivity index (χ4v) is 7.45. The zero-order valence-electron chi connectivity index (χ0n) is 23.2. The maximum Gasteiger partial charge on any atom is 0.416 e. The first-order valence-corrected chi connectivity index (χ1v) is 14.3. The van der Waals surface area contributed by atoms with Crippen molar-refractivity contribution in [2.24, 2.45) is 0 Å². The summed E-state index contributed by atoms with van der Waals surface area (Å²) in [7, 11) is -3.99. The van der Waals surface area contributed by atoms with Crippen molar-refractivity contribution in [3.8, 4) is 16.9 Å². The SMILES string of the molecule is CCc1c(S(=O)(=O)N2CC(C)(C)c3ccc(-c4ccc(C(F)(F)F)cc4)cc3C2C)ccc(OOC(C)=O)c1C. The lowest BCUT2D eigenvalue weighted by atomic mass is 9.76. The van der Waals surface area contributed by atoms with Crippen molar-refractivity contribution >= 4 is 16.0 Å². The van der Waals surface area contributed by atoms with Crippen molar-refractivity contribution in [3.63, 3.8) is 0 Å². The van der Waals surface area contributed by atoms with Crippen LogP contribution in [0.4, 0.5) is 13.2 Å². The minimum Gasteiger partial charge on any atom is -0.287 e. The summed E-state index contributed by atoms with van der Waals surface area (Å²) in [4.78, 5) is 21.1. The summed E-state index contributed by atoms with van der Waals surface area (Å²) in [5.41, 5.74) is 2.93. The van der Waals surface area contributed by atoms with E-state index in [1.807, 2.05) is 45.9 Å². The van der Waals surface area contributed by atoms with Crippen LogP contribution in [0.1, 0.15) is 68.5 Å². The van der Waals surface area contributed by atoms with E-state index >= 15 is 0 Å². The maximum atomic E-state index is 14.2. The number of carbonyl (C=O) groups is 1. The van der Waals surface area contributed by atoms with Crippen LogP contribution in [0, 0.1) is 6.92 Å². The van der Waals surface area contributed by atoms with Crippen molar-refractivity contribution in [1.29, 1.82) is 0 Å². The molecule has 0 saturated heterocycles. The van der Waals surface area contributed by atoms with E-state index < -0.39 is 39.2 Å². The predicted octanol–water partition coefficient (Wildman–Crippen LogP) is 7.14. The minimum atomic E-state index is -4.43. The van der Waals surface area contributed by atoms with Gasteiger partial charge in [0.15, 0.2) is 5.75 Å². The fourth-order valence-electron chi connectivity index (χ4n) is 5.33. The number of halogens is 3. The Labute approximate surface area is 232 Å². The Kier molecular flexibility index (Phi) is 7.81. The van der Waals surface area contributed by atoms with Crippen molar-refractivity contribution in [2.45, 2.75) is 70.5 Å². The third-order valence-corrected chi connectivity index (χ3v) is 9.46. The number of fused-ring (bicyclic) bond motifs is 1. The number of carbonyl (C=O) groups excluding carboxylic acids is 1. The molecule has 0 aliphatic carbocycles. The molecule has 214 valence electrons. The summed E-state index contributed by atoms with van der Waals surface area (Å²) < 4.78 is 69.0. The Morgan fingerprint density at radius 2 is 1.68 bits per heavy atom. The largest absolute Gasteiger partial charge is 0.416 e. The van der Waals surface area contributed by atoms with E-state index in [-0.39, 0.29) is 17.2 Å². The molecule has 0 spiro atoms. The molecule has 0 N–H and O–H groups in total. The number of rotatable bonds is 6. The molecule has 3 aromatic carbocycles. The molecule has 6 nitrogen and oxygen atoms in total. The lowest BCUT2D eigenvalue weighted by Crippen LogP contribution is -2.47. The van der Waals surface area contributed by atoms with Gasteiger partial charge in [-0.05, 0) is 78.4 Å². The molecule has 0 fully saturated rings. The second-order valence-corrected chi connectivity index (χ2v) is 12.5. The van der Waals surface area contributed by atoms with Crippen LogP contribution >= 0.6 is 0 Å². The Morgan fingerprint density at radius 1 is 1.05 bits per heavy atom. The first-order chi connectivity index (χ1) is 18.6. The fraction of sp³-hybridized carbons (Fsp3) is 0.367. The van der Waals surface area contributed by atoms with Crippen LogP contribution in [0.25, 0.3) is 11.1 Å². The molecule has 1 unspecified atom stereocenters. The third kappa shape index (κ3) is 5.47. The van der Waals surface area contributed by atoms with Crippen LogP contribution < -0.4 is 4.89 Å². The van der Waals surface area contributed by atoms with Gasteiger partial charge in [0.2, 0.25) is 10.0 Å². The summed E-state index contributed by atoms with van der Waals surface area (Å²) in [6, 6.07) is 13.0. The molecule has 3 aromatic rings. The smallest absolute Gasteiger partial charge is 0.287 e. The number of hydrogen-bond acceptors (Lipinski definition) is 5. The van der Waals surface area contributed by atoms with E-state index in [0.29, 0.717) is 28.7 Å². The maximum absolute atomic E-state index is 14.2. The van der Waals surface area contributed by atoms with Crippen molar-refractivity contribution in [1.82, 2.24) is 4.31 Å². The highest BCUT2D eigenvalue weighted by molar-refractivity contribution is 7.89. The number of hydrogen-bond donors (Lipinski definition) is 0. The summed E-state index contributed by atoms with van der Waals surface area (Å²) in [6.45, 7) is 10.8.